The van der Waals surface area contributed by atoms with E-state index in [-0.39, 0.29) is 11.8 Å². The maximum atomic E-state index is 13.5. The molecule has 4 rings (SSSR count). The first-order chi connectivity index (χ1) is 19.8. The molecular weight excluding hydrogens is 542 g/mol. The molecule has 9 heteroatoms. The molecule has 0 bridgehead atoms. The molecule has 3 aromatic rings. The third-order valence-corrected chi connectivity index (χ3v) is 8.16. The molecule has 1 aliphatic heterocycles. The number of carbonyl (C=O) groups excluding carboxylic acids is 2. The highest BCUT2D eigenvalue weighted by atomic mass is 35.5. The van der Waals surface area contributed by atoms with Crippen LogP contribution in [0.1, 0.15) is 47.2 Å². The number of ether oxygens (including phenoxy) is 2. The van der Waals surface area contributed by atoms with E-state index in [4.69, 9.17) is 26.8 Å². The van der Waals surface area contributed by atoms with Crippen molar-refractivity contribution in [3.05, 3.63) is 88.4 Å². The Hall–Kier alpha value is -3.59. The molecule has 41 heavy (non-hydrogen) atoms. The largest absolute Gasteiger partial charge is 0.497 e. The molecule has 0 unspecified atom stereocenters. The van der Waals surface area contributed by atoms with E-state index in [9.17, 15) is 14.7 Å². The Labute approximate surface area is 246 Å². The highest BCUT2D eigenvalue weighted by Gasteiger charge is 2.43. The number of nitrogens with one attached hydrogen (secondary N) is 1. The van der Waals surface area contributed by atoms with Crippen molar-refractivity contribution >= 4 is 23.6 Å². The van der Waals surface area contributed by atoms with Crippen molar-refractivity contribution in [3.8, 4) is 16.9 Å². The van der Waals surface area contributed by atoms with Crippen LogP contribution in [0.3, 0.4) is 0 Å². The minimum atomic E-state index is -1.34. The van der Waals surface area contributed by atoms with Crippen LogP contribution in [-0.2, 0) is 16.9 Å². The number of rotatable bonds is 10. The van der Waals surface area contributed by atoms with E-state index >= 15 is 0 Å². The van der Waals surface area contributed by atoms with E-state index in [2.05, 4.69) is 5.32 Å². The summed E-state index contributed by atoms with van der Waals surface area (Å²) in [6.45, 7) is 1.72. The van der Waals surface area contributed by atoms with Crippen LogP contribution < -0.4 is 15.8 Å². The Bertz CT molecular complexity index is 1350. The number of nitrogens with zero attached hydrogens (tertiary/aromatic N) is 1. The summed E-state index contributed by atoms with van der Waals surface area (Å²) in [6.07, 6.45) is 1.77. The van der Waals surface area contributed by atoms with Crippen molar-refractivity contribution in [2.75, 3.05) is 33.9 Å². The van der Waals surface area contributed by atoms with Gasteiger partial charge in [-0.25, -0.2) is 4.79 Å². The minimum absolute atomic E-state index is 0.0768. The third-order valence-electron chi connectivity index (χ3n) is 7.85. The zero-order chi connectivity index (χ0) is 29.4. The van der Waals surface area contributed by atoms with Gasteiger partial charge in [0, 0.05) is 48.2 Å². The SMILES string of the molecule is COC(=O)NCCC[C@@](O)(c1cccc(Cl)c1-c1cccc(OC)c1)[C@@H]1CCCN(C(=O)c2ccc(CN)cc2)C1. The second-order valence-corrected chi connectivity index (χ2v) is 10.7. The van der Waals surface area contributed by atoms with Crippen molar-refractivity contribution < 1.29 is 24.2 Å². The summed E-state index contributed by atoms with van der Waals surface area (Å²) < 4.78 is 10.2. The molecule has 0 aromatic heterocycles. The number of carbonyl (C=O) groups is 2. The minimum Gasteiger partial charge on any atom is -0.497 e. The summed E-state index contributed by atoms with van der Waals surface area (Å²) in [4.78, 5) is 27.0. The lowest BCUT2D eigenvalue weighted by Gasteiger charge is -2.44. The second kappa shape index (κ2) is 13.9. The Morgan fingerprint density at radius 1 is 1.12 bits per heavy atom. The van der Waals surface area contributed by atoms with Crippen molar-refractivity contribution in [2.45, 2.75) is 37.8 Å². The molecule has 4 N–H and O–H groups in total. The summed E-state index contributed by atoms with van der Waals surface area (Å²) >= 11 is 6.81. The van der Waals surface area contributed by atoms with E-state index in [0.29, 0.717) is 60.9 Å². The molecule has 2 atom stereocenters. The zero-order valence-electron chi connectivity index (χ0n) is 23.6. The maximum Gasteiger partial charge on any atom is 0.406 e. The molecule has 1 heterocycles. The Morgan fingerprint density at radius 3 is 2.59 bits per heavy atom. The first-order valence-corrected chi connectivity index (χ1v) is 14.2. The van der Waals surface area contributed by atoms with Gasteiger partial charge < -0.3 is 30.5 Å². The molecule has 8 nitrogen and oxygen atoms in total. The Morgan fingerprint density at radius 2 is 1.88 bits per heavy atom. The van der Waals surface area contributed by atoms with Crippen LogP contribution in [0.25, 0.3) is 11.1 Å². The predicted molar refractivity (Wildman–Crippen MR) is 160 cm³/mol. The molecule has 0 spiro atoms. The van der Waals surface area contributed by atoms with Gasteiger partial charge in [0.05, 0.1) is 19.8 Å². The number of nitrogens with two attached hydrogens (primary N) is 1. The summed E-state index contributed by atoms with van der Waals surface area (Å²) in [6, 6.07) is 20.5. The fourth-order valence-corrected chi connectivity index (χ4v) is 5.94. The van der Waals surface area contributed by atoms with Crippen LogP contribution in [0, 0.1) is 5.92 Å². The van der Waals surface area contributed by atoms with Crippen molar-refractivity contribution in [1.29, 1.82) is 0 Å². The first kappa shape index (κ1) is 30.4. The number of aliphatic hydroxyl groups is 1. The monoisotopic (exact) mass is 579 g/mol. The number of hydrogen-bond acceptors (Lipinski definition) is 6. The third kappa shape index (κ3) is 7.01. The second-order valence-electron chi connectivity index (χ2n) is 10.3. The van der Waals surface area contributed by atoms with Crippen LogP contribution >= 0.6 is 11.6 Å². The van der Waals surface area contributed by atoms with Crippen LogP contribution in [0.2, 0.25) is 5.02 Å². The highest BCUT2D eigenvalue weighted by molar-refractivity contribution is 6.33. The molecule has 0 radical (unpaired) electrons. The number of likely N-dealkylation sites (tertiary alicyclic amines) is 1. The topological polar surface area (TPSA) is 114 Å². The lowest BCUT2D eigenvalue weighted by Crippen LogP contribution is -2.48. The first-order valence-electron chi connectivity index (χ1n) is 13.9. The van der Waals surface area contributed by atoms with Crippen LogP contribution in [0.5, 0.6) is 5.75 Å². The van der Waals surface area contributed by atoms with E-state index in [0.717, 1.165) is 29.5 Å². The van der Waals surface area contributed by atoms with E-state index in [1.165, 1.54) is 7.11 Å². The molecule has 3 aromatic carbocycles. The van der Waals surface area contributed by atoms with Crippen molar-refractivity contribution in [1.82, 2.24) is 10.2 Å². The number of hydrogen-bond donors (Lipinski definition) is 3. The predicted octanol–water partition coefficient (Wildman–Crippen LogP) is 5.35. The zero-order valence-corrected chi connectivity index (χ0v) is 24.3. The highest BCUT2D eigenvalue weighted by Crippen LogP contribution is 2.46. The average molecular weight is 580 g/mol. The van der Waals surface area contributed by atoms with E-state index < -0.39 is 11.7 Å². The number of methoxy groups -OCH3 is 2. The lowest BCUT2D eigenvalue weighted by molar-refractivity contribution is -0.0563. The fourth-order valence-electron chi connectivity index (χ4n) is 5.65. The Kier molecular flexibility index (Phi) is 10.3. The molecule has 1 fully saturated rings. The van der Waals surface area contributed by atoms with Gasteiger partial charge in [0.15, 0.2) is 0 Å². The van der Waals surface area contributed by atoms with Crippen LogP contribution in [0.15, 0.2) is 66.7 Å². The molecular formula is C32H38ClN3O5. The molecule has 0 saturated carbocycles. The number of amides is 2. The maximum absolute atomic E-state index is 13.5. The Balaban J connectivity index is 1.70. The standard InChI is InChI=1S/C32H38ClN3O5/c1-40-26-9-3-7-24(19-26)29-27(10-4-11-28(29)33)32(39,16-6-17-35-31(38)41-2)25-8-5-18-36(21-25)30(37)23-14-12-22(20-34)13-15-23/h3-4,7,9-15,19,25,39H,5-6,8,16-18,20-21,34H2,1-2H3,(H,35,38)/t25-,32+/m1/s1. The van der Waals surface area contributed by atoms with Crippen molar-refractivity contribution in [2.24, 2.45) is 11.7 Å². The van der Waals surface area contributed by atoms with Crippen LogP contribution in [0.4, 0.5) is 4.79 Å². The molecule has 0 aliphatic carbocycles. The summed E-state index contributed by atoms with van der Waals surface area (Å²) in [5.74, 6) is 0.325. The van der Waals surface area contributed by atoms with Gasteiger partial charge in [-0.05, 0) is 72.7 Å². The van der Waals surface area contributed by atoms with Crippen LogP contribution in [-0.4, -0.2) is 55.9 Å². The molecule has 1 aliphatic rings. The van der Waals surface area contributed by atoms with Gasteiger partial charge in [0.25, 0.3) is 5.91 Å². The smallest absolute Gasteiger partial charge is 0.406 e. The van der Waals surface area contributed by atoms with E-state index in [1.54, 1.807) is 25.3 Å². The van der Waals surface area contributed by atoms with Gasteiger partial charge >= 0.3 is 6.09 Å². The molecule has 1 saturated heterocycles. The van der Waals surface area contributed by atoms with Crippen molar-refractivity contribution in [3.63, 3.8) is 0 Å². The quantitative estimate of drug-likeness (QED) is 0.279. The normalized spacial score (nSPS) is 16.5. The number of alkyl carbamates (subject to hydrolysis) is 1. The summed E-state index contributed by atoms with van der Waals surface area (Å²) in [5.41, 5.74) is 8.15. The molecule has 2 amide bonds. The number of halogens is 1. The summed E-state index contributed by atoms with van der Waals surface area (Å²) in [5, 5.41) is 15.9. The van der Waals surface area contributed by atoms with Gasteiger partial charge in [-0.1, -0.05) is 48.0 Å². The van der Waals surface area contributed by atoms with Gasteiger partial charge in [0.2, 0.25) is 0 Å². The van der Waals surface area contributed by atoms with Gasteiger partial charge in [-0.15, -0.1) is 0 Å². The number of piperidine rings is 1. The van der Waals surface area contributed by atoms with Gasteiger partial charge in [0.1, 0.15) is 5.75 Å². The van der Waals surface area contributed by atoms with Gasteiger partial charge in [-0.3, -0.25) is 4.79 Å². The average Bonchev–Trinajstić information content (AvgIpc) is 3.02. The fraction of sp³-hybridized carbons (Fsp3) is 0.375. The number of benzene rings is 3. The lowest BCUT2D eigenvalue weighted by atomic mass is 9.72. The molecule has 218 valence electrons. The summed E-state index contributed by atoms with van der Waals surface area (Å²) in [7, 11) is 2.92. The van der Waals surface area contributed by atoms with E-state index in [1.807, 2.05) is 53.4 Å². The van der Waals surface area contributed by atoms with Gasteiger partial charge in [-0.2, -0.15) is 0 Å².